The molecule has 0 aliphatic heterocycles. The molecule has 0 amide bonds. The molecule has 0 N–H and O–H groups in total. The third-order valence-corrected chi connectivity index (χ3v) is 11.6. The Kier molecular flexibility index (Phi) is 26.9. The standard InChI is InChI=1S/C52H84O2/c1-4-7-9-11-13-15-17-19-21-23-25-27-29-31-33-35-40-53-49-44-47(6-3)52(51(45-49)50-43-46-38-37-39-48(50)42-46)54-41-36-34-32-30-28-26-24-22-20-18-16-14-12-10-8-5-2/h6,37-39,42-45H,3-5,7-36,40-41H2,1-2H3. The first kappa shape index (κ1) is 45.9. The summed E-state index contributed by atoms with van der Waals surface area (Å²) in [4.78, 5) is 0. The van der Waals surface area contributed by atoms with Crippen LogP contribution in [0.25, 0.3) is 17.7 Å². The first-order chi connectivity index (χ1) is 26.8. The zero-order chi connectivity index (χ0) is 38.2. The Morgan fingerprint density at radius 2 is 0.870 bits per heavy atom. The summed E-state index contributed by atoms with van der Waals surface area (Å²) in [5, 5.41) is 0. The van der Waals surface area contributed by atoms with Gasteiger partial charge in [-0.25, -0.2) is 0 Å². The molecule has 0 saturated heterocycles. The van der Waals surface area contributed by atoms with Crippen LogP contribution in [0.4, 0.5) is 0 Å². The molecule has 0 fully saturated rings. The Morgan fingerprint density at radius 3 is 1.28 bits per heavy atom. The molecule has 3 rings (SSSR count). The number of rotatable bonds is 38. The van der Waals surface area contributed by atoms with E-state index >= 15 is 0 Å². The molecular weight excluding hydrogens is 657 g/mol. The van der Waals surface area contributed by atoms with Crippen LogP contribution in [0, 0.1) is 0 Å². The summed E-state index contributed by atoms with van der Waals surface area (Å²) < 4.78 is 13.0. The lowest BCUT2D eigenvalue weighted by Gasteiger charge is -2.18. The fourth-order valence-corrected chi connectivity index (χ4v) is 8.16. The highest BCUT2D eigenvalue weighted by Gasteiger charge is 2.20. The first-order valence-corrected chi connectivity index (χ1v) is 23.7. The number of fused-ring (bicyclic) bond motifs is 2. The van der Waals surface area contributed by atoms with Crippen molar-refractivity contribution in [1.82, 2.24) is 0 Å². The zero-order valence-corrected chi connectivity index (χ0v) is 35.7. The van der Waals surface area contributed by atoms with E-state index < -0.39 is 0 Å². The highest BCUT2D eigenvalue weighted by molar-refractivity contribution is 5.98. The minimum Gasteiger partial charge on any atom is -0.494 e. The highest BCUT2D eigenvalue weighted by atomic mass is 16.5. The second kappa shape index (κ2) is 31.7. The maximum absolute atomic E-state index is 6.59. The predicted octanol–water partition coefficient (Wildman–Crippen LogP) is 17.5. The van der Waals surface area contributed by atoms with Gasteiger partial charge in [0.1, 0.15) is 11.5 Å². The van der Waals surface area contributed by atoms with Gasteiger partial charge >= 0.3 is 0 Å². The van der Waals surface area contributed by atoms with Gasteiger partial charge in [0, 0.05) is 11.1 Å². The topological polar surface area (TPSA) is 18.5 Å². The summed E-state index contributed by atoms with van der Waals surface area (Å²) in [7, 11) is 0. The molecule has 0 heterocycles. The second-order valence-electron chi connectivity index (χ2n) is 16.6. The summed E-state index contributed by atoms with van der Waals surface area (Å²) >= 11 is 0. The molecule has 0 unspecified atom stereocenters. The van der Waals surface area contributed by atoms with Gasteiger partial charge in [-0.2, -0.15) is 0 Å². The van der Waals surface area contributed by atoms with Gasteiger partial charge < -0.3 is 9.47 Å². The highest BCUT2D eigenvalue weighted by Crippen LogP contribution is 2.41. The van der Waals surface area contributed by atoms with Gasteiger partial charge in [-0.05, 0) is 53.8 Å². The predicted molar refractivity (Wildman–Crippen MR) is 240 cm³/mol. The van der Waals surface area contributed by atoms with Crippen molar-refractivity contribution in [2.45, 2.75) is 219 Å². The lowest BCUT2D eigenvalue weighted by Crippen LogP contribution is -2.04. The third-order valence-electron chi connectivity index (χ3n) is 11.6. The molecule has 2 aromatic rings. The molecule has 1 aliphatic carbocycles. The summed E-state index contributed by atoms with van der Waals surface area (Å²) in [5.41, 5.74) is 5.91. The number of hydrogen-bond donors (Lipinski definition) is 0. The van der Waals surface area contributed by atoms with E-state index in [9.17, 15) is 0 Å². The molecule has 2 bridgehead atoms. The van der Waals surface area contributed by atoms with E-state index in [0.29, 0.717) is 0 Å². The zero-order valence-electron chi connectivity index (χ0n) is 35.7. The molecule has 2 aromatic carbocycles. The van der Waals surface area contributed by atoms with E-state index in [4.69, 9.17) is 9.47 Å². The van der Waals surface area contributed by atoms with E-state index in [2.05, 4.69) is 62.9 Å². The monoisotopic (exact) mass is 741 g/mol. The van der Waals surface area contributed by atoms with Crippen LogP contribution in [0.2, 0.25) is 0 Å². The van der Waals surface area contributed by atoms with Gasteiger partial charge in [0.15, 0.2) is 0 Å². The molecule has 304 valence electrons. The van der Waals surface area contributed by atoms with Crippen molar-refractivity contribution in [3.8, 4) is 11.5 Å². The van der Waals surface area contributed by atoms with Crippen LogP contribution in [0.15, 0.2) is 43.0 Å². The Morgan fingerprint density at radius 1 is 0.463 bits per heavy atom. The van der Waals surface area contributed by atoms with Crippen molar-refractivity contribution in [2.24, 2.45) is 0 Å². The van der Waals surface area contributed by atoms with Crippen molar-refractivity contribution < 1.29 is 9.47 Å². The fourth-order valence-electron chi connectivity index (χ4n) is 8.16. The summed E-state index contributed by atoms with van der Waals surface area (Å²) in [5.74, 6) is 1.88. The Balaban J connectivity index is 1.29. The summed E-state index contributed by atoms with van der Waals surface area (Å²) in [6.45, 7) is 10.3. The number of hydrogen-bond acceptors (Lipinski definition) is 2. The molecule has 1 aliphatic rings. The minimum absolute atomic E-state index is 0.747. The Hall–Kier alpha value is -2.48. The van der Waals surface area contributed by atoms with Crippen molar-refractivity contribution in [3.63, 3.8) is 0 Å². The maximum Gasteiger partial charge on any atom is 0.134 e. The number of ether oxygens (including phenoxy) is 2. The van der Waals surface area contributed by atoms with Gasteiger partial charge in [-0.15, -0.1) is 0 Å². The van der Waals surface area contributed by atoms with Crippen molar-refractivity contribution >= 4 is 17.7 Å². The van der Waals surface area contributed by atoms with E-state index in [1.54, 1.807) is 0 Å². The van der Waals surface area contributed by atoms with Gasteiger partial charge in [0.2, 0.25) is 0 Å². The molecule has 2 heteroatoms. The molecule has 0 spiro atoms. The Labute approximate surface area is 335 Å². The molecule has 0 saturated carbocycles. The minimum atomic E-state index is 0.747. The van der Waals surface area contributed by atoms with E-state index in [0.717, 1.165) is 48.7 Å². The average molecular weight is 741 g/mol. The van der Waals surface area contributed by atoms with Gasteiger partial charge in [-0.3, -0.25) is 0 Å². The van der Waals surface area contributed by atoms with E-state index in [-0.39, 0.29) is 0 Å². The van der Waals surface area contributed by atoms with Gasteiger partial charge in [-0.1, -0.05) is 237 Å². The van der Waals surface area contributed by atoms with Crippen LogP contribution < -0.4 is 9.47 Å². The molecule has 0 atom stereocenters. The van der Waals surface area contributed by atoms with Crippen molar-refractivity contribution in [2.75, 3.05) is 13.2 Å². The Bertz CT molecular complexity index is 1240. The first-order valence-electron chi connectivity index (χ1n) is 23.7. The fraction of sp³-hybridized carbons (Fsp3) is 0.692. The van der Waals surface area contributed by atoms with Gasteiger partial charge in [0.05, 0.1) is 13.2 Å². The summed E-state index contributed by atoms with van der Waals surface area (Å²) in [6, 6.07) is 13.2. The van der Waals surface area contributed by atoms with E-state index in [1.165, 1.54) is 209 Å². The number of unbranched alkanes of at least 4 members (excludes halogenated alkanes) is 30. The molecular formula is C52H84O2. The lowest BCUT2D eigenvalue weighted by molar-refractivity contribution is 0.295. The number of benzene rings is 2. The SMILES string of the molecule is C=Cc1cc(OCCCCCCCCCCCCCCCCCC)cc(C2=Cc3cccc2c3)c1OCCCCCCCCCCCCCCCCCC. The maximum atomic E-state index is 6.59. The summed E-state index contributed by atoms with van der Waals surface area (Å²) in [6.07, 6.45) is 48.4. The normalized spacial score (nSPS) is 12.0. The van der Waals surface area contributed by atoms with E-state index in [1.807, 2.05) is 6.08 Å². The van der Waals surface area contributed by atoms with Crippen LogP contribution in [0.5, 0.6) is 11.5 Å². The smallest absolute Gasteiger partial charge is 0.134 e. The largest absolute Gasteiger partial charge is 0.494 e. The third kappa shape index (κ3) is 20.4. The average Bonchev–Trinajstić information content (AvgIpc) is 3.48. The molecule has 0 radical (unpaired) electrons. The van der Waals surface area contributed by atoms with Crippen LogP contribution in [0.3, 0.4) is 0 Å². The molecule has 0 aromatic heterocycles. The van der Waals surface area contributed by atoms with Crippen LogP contribution in [0.1, 0.15) is 242 Å². The lowest BCUT2D eigenvalue weighted by atomic mass is 9.97. The van der Waals surface area contributed by atoms with Gasteiger partial charge in [0.25, 0.3) is 0 Å². The molecule has 54 heavy (non-hydrogen) atoms. The molecule has 2 nitrogen and oxygen atoms in total. The van der Waals surface area contributed by atoms with Crippen molar-refractivity contribution in [3.05, 3.63) is 65.2 Å². The quantitative estimate of drug-likeness (QED) is 0.0545. The second-order valence-corrected chi connectivity index (χ2v) is 16.6. The van der Waals surface area contributed by atoms with Crippen LogP contribution in [-0.2, 0) is 0 Å². The van der Waals surface area contributed by atoms with Crippen LogP contribution >= 0.6 is 0 Å². The van der Waals surface area contributed by atoms with Crippen molar-refractivity contribution in [1.29, 1.82) is 0 Å². The van der Waals surface area contributed by atoms with Crippen LogP contribution in [-0.4, -0.2) is 13.2 Å².